The number of rotatable bonds is 6. The first kappa shape index (κ1) is 35.0. The summed E-state index contributed by atoms with van der Waals surface area (Å²) in [6.07, 6.45) is 0. The van der Waals surface area contributed by atoms with Crippen molar-refractivity contribution in [3.8, 4) is 28.2 Å². The van der Waals surface area contributed by atoms with Gasteiger partial charge in [0, 0.05) is 78.2 Å². The van der Waals surface area contributed by atoms with Crippen molar-refractivity contribution in [2.75, 3.05) is 42.5 Å². The van der Waals surface area contributed by atoms with Gasteiger partial charge in [0.25, 0.3) is 5.91 Å². The second kappa shape index (κ2) is 13.4. The van der Waals surface area contributed by atoms with Crippen LogP contribution in [0.2, 0.25) is 0 Å². The van der Waals surface area contributed by atoms with Crippen molar-refractivity contribution < 1.29 is 47.7 Å². The van der Waals surface area contributed by atoms with Gasteiger partial charge < -0.3 is 34.4 Å². The minimum Gasteiger partial charge on any atom is -0.508 e. The maximum Gasteiger partial charge on any atom is 0.336 e. The first-order valence-electron chi connectivity index (χ1n) is 17.1. The molecule has 0 radical (unpaired) electrons. The molecule has 1 amide bonds. The molecule has 4 aromatic carbocycles. The van der Waals surface area contributed by atoms with E-state index in [2.05, 4.69) is 0 Å². The van der Waals surface area contributed by atoms with E-state index in [1.807, 2.05) is 0 Å². The van der Waals surface area contributed by atoms with E-state index < -0.39 is 41.2 Å². The van der Waals surface area contributed by atoms with Crippen LogP contribution in [0.3, 0.4) is 0 Å². The van der Waals surface area contributed by atoms with Gasteiger partial charge in [-0.3, -0.25) is 19.2 Å². The number of carboxylic acid groups (broad SMARTS) is 2. The molecule has 276 valence electrons. The fourth-order valence-electron chi connectivity index (χ4n) is 7.38. The van der Waals surface area contributed by atoms with Crippen LogP contribution in [0.1, 0.15) is 31.1 Å². The number of aliphatic carboxylic acids is 1. The zero-order valence-corrected chi connectivity index (χ0v) is 28.7. The summed E-state index contributed by atoms with van der Waals surface area (Å²) in [5, 5.41) is 30.7. The molecule has 1 saturated heterocycles. The van der Waals surface area contributed by atoms with E-state index in [1.54, 1.807) is 15.9 Å². The van der Waals surface area contributed by atoms with Crippen molar-refractivity contribution in [2.24, 2.45) is 5.92 Å². The Balaban J connectivity index is 1.08. The van der Waals surface area contributed by atoms with E-state index >= 15 is 4.39 Å². The van der Waals surface area contributed by atoms with Gasteiger partial charge >= 0.3 is 11.9 Å². The molecule has 0 saturated carbocycles. The third-order valence-electron chi connectivity index (χ3n) is 10.1. The zero-order valence-electron chi connectivity index (χ0n) is 28.7. The SMILES string of the molecule is O=C(O)c1cc(C(=O)N2CCN(c3cc4c(cc3F)C(=O)C(C(=O)O)CN4c3ccc(F)cc3)CC2)ccc1-c1c2ccc(=O)cc-2oc2cc(O)ccc12. The Morgan fingerprint density at radius 3 is 2.18 bits per heavy atom. The molecule has 4 aliphatic rings. The van der Waals surface area contributed by atoms with Crippen molar-refractivity contribution in [2.45, 2.75) is 0 Å². The number of Topliss-reactive ketones (excluding diaryl/α,β-unsaturated/α-hetero) is 1. The fourth-order valence-corrected chi connectivity index (χ4v) is 7.38. The molecule has 1 unspecified atom stereocenters. The fraction of sp³-hybridized carbons (Fsp3) is 0.146. The summed E-state index contributed by atoms with van der Waals surface area (Å²) in [5.41, 5.74) is 1.66. The molecule has 4 aromatic rings. The number of carboxylic acids is 2. The molecular formula is C41H29F2N3O9. The highest BCUT2D eigenvalue weighted by atomic mass is 19.1. The predicted octanol–water partition coefficient (Wildman–Crippen LogP) is 6.24. The lowest BCUT2D eigenvalue weighted by molar-refractivity contribution is -0.139. The third-order valence-corrected chi connectivity index (χ3v) is 10.1. The highest BCUT2D eigenvalue weighted by molar-refractivity contribution is 6.14. The molecule has 1 fully saturated rings. The molecule has 3 N–H and O–H groups in total. The van der Waals surface area contributed by atoms with E-state index in [0.717, 1.165) is 6.07 Å². The number of fused-ring (bicyclic) bond motifs is 3. The van der Waals surface area contributed by atoms with Gasteiger partial charge in [0.1, 0.15) is 34.6 Å². The number of benzene rings is 5. The Kier molecular flexibility index (Phi) is 8.52. The van der Waals surface area contributed by atoms with Gasteiger partial charge in [0.2, 0.25) is 0 Å². The Morgan fingerprint density at radius 2 is 1.47 bits per heavy atom. The van der Waals surface area contributed by atoms with Crippen molar-refractivity contribution in [3.63, 3.8) is 0 Å². The molecule has 3 heterocycles. The van der Waals surface area contributed by atoms with Gasteiger partial charge in [-0.05, 0) is 78.4 Å². The van der Waals surface area contributed by atoms with Gasteiger partial charge in [-0.2, -0.15) is 0 Å². The van der Waals surface area contributed by atoms with Crippen molar-refractivity contribution in [1.82, 2.24) is 4.90 Å². The molecule has 1 atom stereocenters. The van der Waals surface area contributed by atoms with Crippen molar-refractivity contribution in [3.05, 3.63) is 130 Å². The number of anilines is 3. The number of hydrogen-bond acceptors (Lipinski definition) is 9. The summed E-state index contributed by atoms with van der Waals surface area (Å²) in [4.78, 5) is 68.5. The molecule has 0 spiro atoms. The number of phenolic OH excluding ortho intramolecular Hbond substituents is 1. The first-order chi connectivity index (χ1) is 26.4. The van der Waals surface area contributed by atoms with Gasteiger partial charge in [0.05, 0.1) is 16.9 Å². The quantitative estimate of drug-likeness (QED) is 0.130. The summed E-state index contributed by atoms with van der Waals surface area (Å²) >= 11 is 0. The number of carbonyl (C=O) groups excluding carboxylic acids is 2. The van der Waals surface area contributed by atoms with Crippen LogP contribution in [0.25, 0.3) is 33.4 Å². The van der Waals surface area contributed by atoms with Crippen molar-refractivity contribution >= 4 is 51.7 Å². The van der Waals surface area contributed by atoms with E-state index in [9.17, 15) is 43.7 Å². The van der Waals surface area contributed by atoms with Gasteiger partial charge in [-0.15, -0.1) is 0 Å². The van der Waals surface area contributed by atoms with Gasteiger partial charge in [-0.1, -0.05) is 6.07 Å². The normalized spacial score (nSPS) is 15.7. The number of ketones is 1. The Morgan fingerprint density at radius 1 is 0.745 bits per heavy atom. The van der Waals surface area contributed by atoms with Gasteiger partial charge in [-0.25, -0.2) is 13.6 Å². The lowest BCUT2D eigenvalue weighted by Crippen LogP contribution is -2.49. The van der Waals surface area contributed by atoms with Crippen LogP contribution in [0.4, 0.5) is 25.8 Å². The number of piperazine rings is 1. The van der Waals surface area contributed by atoms with Crippen molar-refractivity contribution in [1.29, 1.82) is 0 Å². The first-order valence-corrected chi connectivity index (χ1v) is 17.1. The molecular weight excluding hydrogens is 716 g/mol. The van der Waals surface area contributed by atoms with E-state index in [1.165, 1.54) is 83.8 Å². The number of halogens is 2. The Bertz CT molecular complexity index is 2620. The summed E-state index contributed by atoms with van der Waals surface area (Å²) in [6, 6.07) is 20.6. The maximum atomic E-state index is 15.7. The monoisotopic (exact) mass is 745 g/mol. The Hall–Kier alpha value is -7.09. The second-order valence-electron chi connectivity index (χ2n) is 13.3. The zero-order chi connectivity index (χ0) is 38.7. The molecule has 0 aromatic heterocycles. The second-order valence-corrected chi connectivity index (χ2v) is 13.3. The number of amides is 1. The largest absolute Gasteiger partial charge is 0.508 e. The van der Waals surface area contributed by atoms with Crippen LogP contribution in [0, 0.1) is 17.6 Å². The predicted molar refractivity (Wildman–Crippen MR) is 197 cm³/mol. The maximum absolute atomic E-state index is 15.7. The number of hydrogen-bond donors (Lipinski definition) is 3. The molecule has 0 bridgehead atoms. The highest BCUT2D eigenvalue weighted by Crippen LogP contribution is 2.43. The van der Waals surface area contributed by atoms with E-state index in [0.29, 0.717) is 22.2 Å². The van der Waals surface area contributed by atoms with E-state index in [-0.39, 0.29) is 88.9 Å². The third kappa shape index (κ3) is 6.16. The molecule has 1 aliphatic carbocycles. The molecule has 3 aliphatic heterocycles. The number of carbonyl (C=O) groups is 4. The van der Waals surface area contributed by atoms with Gasteiger partial charge in [0.15, 0.2) is 11.2 Å². The molecule has 12 nitrogen and oxygen atoms in total. The number of phenols is 1. The topological polar surface area (TPSA) is 169 Å². The van der Waals surface area contributed by atoms with Crippen LogP contribution in [-0.2, 0) is 4.79 Å². The lowest BCUT2D eigenvalue weighted by Gasteiger charge is -2.38. The highest BCUT2D eigenvalue weighted by Gasteiger charge is 2.39. The number of aromatic carboxylic acids is 1. The van der Waals surface area contributed by atoms with E-state index in [4.69, 9.17) is 4.42 Å². The van der Waals surface area contributed by atoms with Crippen LogP contribution in [-0.4, -0.2) is 76.6 Å². The average Bonchev–Trinajstić information content (AvgIpc) is 3.17. The summed E-state index contributed by atoms with van der Waals surface area (Å²) in [6.45, 7) is 0.380. The lowest BCUT2D eigenvalue weighted by atomic mass is 9.89. The summed E-state index contributed by atoms with van der Waals surface area (Å²) < 4.78 is 35.4. The molecule has 55 heavy (non-hydrogen) atoms. The van der Waals surface area contributed by atoms with Crippen LogP contribution in [0.5, 0.6) is 5.75 Å². The minimum absolute atomic E-state index is 0.0929. The minimum atomic E-state index is -1.46. The standard InChI is InChI=1S/C41H29F2N3O9/c42-22-2-4-23(5-3-22)46-20-31(41(53)54)38(49)30-18-32(43)34(19-33(30)46)44-11-13-45(14-12-44)39(50)21-1-8-26(29(15-21)40(51)52)37-27-9-6-24(47)16-35(27)55-36-17-25(48)7-10-28(36)37/h1-10,15-19,31,47H,11-14,20H2,(H,51,52)(H,53,54). The smallest absolute Gasteiger partial charge is 0.336 e. The summed E-state index contributed by atoms with van der Waals surface area (Å²) in [5.74, 6) is -6.50. The van der Waals surface area contributed by atoms with Crippen LogP contribution in [0.15, 0.2) is 100 Å². The molecule has 8 rings (SSSR count). The number of nitrogens with zero attached hydrogens (tertiary/aromatic N) is 3. The molecule has 14 heteroatoms. The Labute approximate surface area is 310 Å². The summed E-state index contributed by atoms with van der Waals surface area (Å²) in [7, 11) is 0. The van der Waals surface area contributed by atoms with Crippen LogP contribution >= 0.6 is 0 Å². The van der Waals surface area contributed by atoms with Crippen LogP contribution < -0.4 is 15.2 Å². The number of aromatic hydroxyl groups is 1. The average molecular weight is 746 g/mol.